The van der Waals surface area contributed by atoms with E-state index in [1.54, 1.807) is 24.3 Å². The van der Waals surface area contributed by atoms with E-state index >= 15 is 0 Å². The molecule has 3 aromatic rings. The maximum absolute atomic E-state index is 12.1. The number of hydrogen-bond donors (Lipinski definition) is 1. The Labute approximate surface area is 162 Å². The predicted molar refractivity (Wildman–Crippen MR) is 103 cm³/mol. The molecule has 0 aliphatic carbocycles. The number of aromatic nitrogens is 2. The summed E-state index contributed by atoms with van der Waals surface area (Å²) in [6.07, 6.45) is 0. The van der Waals surface area contributed by atoms with Crippen LogP contribution >= 0.6 is 39.3 Å². The Bertz CT molecular complexity index is 899. The second-order valence-electron chi connectivity index (χ2n) is 5.20. The van der Waals surface area contributed by atoms with E-state index in [0.717, 1.165) is 21.3 Å². The van der Waals surface area contributed by atoms with Gasteiger partial charge in [0, 0.05) is 15.1 Å². The summed E-state index contributed by atoms with van der Waals surface area (Å²) in [5, 5.41) is 11.7. The van der Waals surface area contributed by atoms with Gasteiger partial charge in [-0.1, -0.05) is 29.4 Å². The Morgan fingerprint density at radius 2 is 2.00 bits per heavy atom. The summed E-state index contributed by atoms with van der Waals surface area (Å²) in [6, 6.07) is 12.8. The first-order chi connectivity index (χ1) is 12.0. The van der Waals surface area contributed by atoms with Crippen molar-refractivity contribution in [3.8, 4) is 11.5 Å². The minimum Gasteiger partial charge on any atom is -0.411 e. The number of amides is 1. The number of thioether (sulfide) groups is 1. The molecule has 0 atom stereocenters. The summed E-state index contributed by atoms with van der Waals surface area (Å²) < 4.78 is 6.40. The molecule has 0 unspecified atom stereocenters. The molecular weight excluding hydrogens is 426 g/mol. The number of nitrogens with zero attached hydrogens (tertiary/aromatic N) is 2. The quantitative estimate of drug-likeness (QED) is 0.555. The van der Waals surface area contributed by atoms with Crippen LogP contribution in [0.5, 0.6) is 0 Å². The normalized spacial score (nSPS) is 10.7. The number of hydrogen-bond acceptors (Lipinski definition) is 5. The highest BCUT2D eigenvalue weighted by molar-refractivity contribution is 9.10. The number of carbonyl (C=O) groups is 1. The molecule has 8 heteroatoms. The molecule has 128 valence electrons. The fourth-order valence-corrected chi connectivity index (χ4v) is 3.29. The summed E-state index contributed by atoms with van der Waals surface area (Å²) in [5.41, 5.74) is 2.61. The van der Waals surface area contributed by atoms with Crippen LogP contribution in [0, 0.1) is 6.92 Å². The maximum Gasteiger partial charge on any atom is 0.277 e. The standard InChI is InChI=1S/C17H13BrClN3O2S/c1-10-2-7-14(13(18)8-10)20-15(23)9-25-17-22-21-16(24-17)11-3-5-12(19)6-4-11/h2-8H,9H2,1H3,(H,20,23). The van der Waals surface area contributed by atoms with Gasteiger partial charge < -0.3 is 9.73 Å². The van der Waals surface area contributed by atoms with Crippen molar-refractivity contribution < 1.29 is 9.21 Å². The lowest BCUT2D eigenvalue weighted by Crippen LogP contribution is -2.14. The van der Waals surface area contributed by atoms with Crippen molar-refractivity contribution in [2.24, 2.45) is 0 Å². The molecular formula is C17H13BrClN3O2S. The van der Waals surface area contributed by atoms with E-state index in [-0.39, 0.29) is 11.7 Å². The van der Waals surface area contributed by atoms with E-state index in [1.165, 1.54) is 11.8 Å². The van der Waals surface area contributed by atoms with Crippen LogP contribution in [-0.2, 0) is 4.79 Å². The van der Waals surface area contributed by atoms with Crippen molar-refractivity contribution in [3.63, 3.8) is 0 Å². The third-order valence-electron chi connectivity index (χ3n) is 3.22. The largest absolute Gasteiger partial charge is 0.411 e. The van der Waals surface area contributed by atoms with Crippen LogP contribution in [0.4, 0.5) is 5.69 Å². The van der Waals surface area contributed by atoms with Gasteiger partial charge in [-0.05, 0) is 64.8 Å². The van der Waals surface area contributed by atoms with Gasteiger partial charge in [-0.15, -0.1) is 10.2 Å². The van der Waals surface area contributed by atoms with Gasteiger partial charge in [-0.3, -0.25) is 4.79 Å². The van der Waals surface area contributed by atoms with Gasteiger partial charge in [0.15, 0.2) is 0 Å². The lowest BCUT2D eigenvalue weighted by molar-refractivity contribution is -0.113. The molecule has 3 rings (SSSR count). The molecule has 0 aliphatic rings. The minimum atomic E-state index is -0.152. The molecule has 1 N–H and O–H groups in total. The number of rotatable bonds is 5. The van der Waals surface area contributed by atoms with E-state index in [9.17, 15) is 4.79 Å². The molecule has 0 fully saturated rings. The molecule has 0 aliphatic heterocycles. The molecule has 0 saturated carbocycles. The van der Waals surface area contributed by atoms with Gasteiger partial charge in [0.05, 0.1) is 11.4 Å². The van der Waals surface area contributed by atoms with Crippen molar-refractivity contribution >= 4 is 50.9 Å². The van der Waals surface area contributed by atoms with Gasteiger partial charge in [-0.25, -0.2) is 0 Å². The van der Waals surface area contributed by atoms with Crippen molar-refractivity contribution in [2.45, 2.75) is 12.1 Å². The first-order valence-electron chi connectivity index (χ1n) is 7.29. The van der Waals surface area contributed by atoms with E-state index in [1.807, 2.05) is 25.1 Å². The summed E-state index contributed by atoms with van der Waals surface area (Å²) in [7, 11) is 0. The zero-order valence-electron chi connectivity index (χ0n) is 13.1. The zero-order chi connectivity index (χ0) is 17.8. The third kappa shape index (κ3) is 4.84. The average molecular weight is 439 g/mol. The van der Waals surface area contributed by atoms with Crippen LogP contribution in [0.25, 0.3) is 11.5 Å². The molecule has 1 aromatic heterocycles. The van der Waals surface area contributed by atoms with E-state index in [4.69, 9.17) is 16.0 Å². The van der Waals surface area contributed by atoms with Gasteiger partial charge in [0.1, 0.15) is 0 Å². The molecule has 25 heavy (non-hydrogen) atoms. The highest BCUT2D eigenvalue weighted by Crippen LogP contribution is 2.26. The smallest absolute Gasteiger partial charge is 0.277 e. The molecule has 0 bridgehead atoms. The number of nitrogens with one attached hydrogen (secondary N) is 1. The van der Waals surface area contributed by atoms with E-state index < -0.39 is 0 Å². The molecule has 1 amide bonds. The molecule has 0 saturated heterocycles. The predicted octanol–water partition coefficient (Wildman–Crippen LogP) is 5.19. The third-order valence-corrected chi connectivity index (χ3v) is 4.95. The van der Waals surface area contributed by atoms with Crippen molar-refractivity contribution in [2.75, 3.05) is 11.1 Å². The monoisotopic (exact) mass is 437 g/mol. The highest BCUT2D eigenvalue weighted by atomic mass is 79.9. The van der Waals surface area contributed by atoms with E-state index in [2.05, 4.69) is 31.4 Å². The topological polar surface area (TPSA) is 68.0 Å². The Kier molecular flexibility index (Phi) is 5.78. The number of halogens is 2. The average Bonchev–Trinajstić information content (AvgIpc) is 3.05. The van der Waals surface area contributed by atoms with Crippen LogP contribution in [-0.4, -0.2) is 21.9 Å². The van der Waals surface area contributed by atoms with Crippen LogP contribution in [0.3, 0.4) is 0 Å². The lowest BCUT2D eigenvalue weighted by atomic mass is 10.2. The highest BCUT2D eigenvalue weighted by Gasteiger charge is 2.12. The Balaban J connectivity index is 1.58. The fraction of sp³-hybridized carbons (Fsp3) is 0.118. The lowest BCUT2D eigenvalue weighted by Gasteiger charge is -2.07. The maximum atomic E-state index is 12.1. The van der Waals surface area contributed by atoms with Crippen molar-refractivity contribution in [1.82, 2.24) is 10.2 Å². The number of carbonyl (C=O) groups excluding carboxylic acids is 1. The second-order valence-corrected chi connectivity index (χ2v) is 7.42. The summed E-state index contributed by atoms with van der Waals surface area (Å²) in [5.74, 6) is 0.407. The van der Waals surface area contributed by atoms with Crippen LogP contribution in [0.15, 0.2) is 56.6 Å². The number of aryl methyl sites for hydroxylation is 1. The Morgan fingerprint density at radius 1 is 1.24 bits per heavy atom. The zero-order valence-corrected chi connectivity index (χ0v) is 16.3. The summed E-state index contributed by atoms with van der Waals surface area (Å²) in [4.78, 5) is 12.1. The van der Waals surface area contributed by atoms with Crippen LogP contribution < -0.4 is 5.32 Å². The van der Waals surface area contributed by atoms with Gasteiger partial charge in [0.25, 0.3) is 5.22 Å². The fourth-order valence-electron chi connectivity index (χ4n) is 2.01. The van der Waals surface area contributed by atoms with Crippen LogP contribution in [0.1, 0.15) is 5.56 Å². The first kappa shape index (κ1) is 18.0. The van der Waals surface area contributed by atoms with Crippen molar-refractivity contribution in [1.29, 1.82) is 0 Å². The first-order valence-corrected chi connectivity index (χ1v) is 9.45. The van der Waals surface area contributed by atoms with E-state index in [0.29, 0.717) is 16.1 Å². The van der Waals surface area contributed by atoms with Gasteiger partial charge in [-0.2, -0.15) is 0 Å². The summed E-state index contributed by atoms with van der Waals surface area (Å²) in [6.45, 7) is 1.99. The SMILES string of the molecule is Cc1ccc(NC(=O)CSc2nnc(-c3ccc(Cl)cc3)o2)c(Br)c1. The minimum absolute atomic E-state index is 0.152. The van der Waals surface area contributed by atoms with Gasteiger partial charge >= 0.3 is 0 Å². The molecule has 0 radical (unpaired) electrons. The summed E-state index contributed by atoms with van der Waals surface area (Å²) >= 11 is 10.5. The Hall–Kier alpha value is -1.83. The molecule has 5 nitrogen and oxygen atoms in total. The molecule has 1 heterocycles. The van der Waals surface area contributed by atoms with Crippen molar-refractivity contribution in [3.05, 3.63) is 57.5 Å². The van der Waals surface area contributed by atoms with Crippen LogP contribution in [0.2, 0.25) is 5.02 Å². The number of anilines is 1. The number of benzene rings is 2. The second kappa shape index (κ2) is 8.03. The molecule has 0 spiro atoms. The Morgan fingerprint density at radius 3 is 2.72 bits per heavy atom. The molecule has 2 aromatic carbocycles. The van der Waals surface area contributed by atoms with Gasteiger partial charge in [0.2, 0.25) is 11.8 Å².